The number of esters is 1. The van der Waals surface area contributed by atoms with E-state index in [9.17, 15) is 19.1 Å². The molecule has 1 aliphatic rings. The van der Waals surface area contributed by atoms with Crippen molar-refractivity contribution in [2.24, 2.45) is 0 Å². The van der Waals surface area contributed by atoms with Crippen molar-refractivity contribution in [3.05, 3.63) is 59.9 Å². The summed E-state index contributed by atoms with van der Waals surface area (Å²) in [5.74, 6) is -1.49. The summed E-state index contributed by atoms with van der Waals surface area (Å²) >= 11 is 0. The van der Waals surface area contributed by atoms with E-state index in [1.165, 1.54) is 24.3 Å². The van der Waals surface area contributed by atoms with E-state index in [-0.39, 0.29) is 29.6 Å². The van der Waals surface area contributed by atoms with Gasteiger partial charge in [-0.1, -0.05) is 12.1 Å². The van der Waals surface area contributed by atoms with Gasteiger partial charge in [0.25, 0.3) is 5.91 Å². The number of amides is 1. The molecule has 0 saturated carbocycles. The van der Waals surface area contributed by atoms with E-state index >= 15 is 0 Å². The fraction of sp³-hybridized carbons (Fsp3) is 0.263. The van der Waals surface area contributed by atoms with E-state index in [2.05, 4.69) is 4.90 Å². The van der Waals surface area contributed by atoms with Gasteiger partial charge in [-0.05, 0) is 36.4 Å². The van der Waals surface area contributed by atoms with Crippen LogP contribution >= 0.6 is 0 Å². The second kappa shape index (κ2) is 7.86. The van der Waals surface area contributed by atoms with Gasteiger partial charge in [-0.2, -0.15) is 0 Å². The van der Waals surface area contributed by atoms with E-state index in [4.69, 9.17) is 4.74 Å². The predicted octanol–water partition coefficient (Wildman–Crippen LogP) is 2.04. The lowest BCUT2D eigenvalue weighted by Crippen LogP contribution is -2.49. The Morgan fingerprint density at radius 3 is 2.31 bits per heavy atom. The fourth-order valence-corrected chi connectivity index (χ4v) is 2.81. The van der Waals surface area contributed by atoms with Crippen molar-refractivity contribution in [3.63, 3.8) is 0 Å². The number of benzene rings is 2. The van der Waals surface area contributed by atoms with Gasteiger partial charge in [0, 0.05) is 31.9 Å². The Morgan fingerprint density at radius 1 is 1.00 bits per heavy atom. The zero-order chi connectivity index (χ0) is 18.5. The van der Waals surface area contributed by atoms with Crippen LogP contribution in [0.3, 0.4) is 0 Å². The molecule has 0 atom stereocenters. The maximum Gasteiger partial charge on any atom is 0.342 e. The first-order chi connectivity index (χ1) is 12.5. The number of phenols is 1. The third-order valence-electron chi connectivity index (χ3n) is 4.27. The van der Waals surface area contributed by atoms with Crippen LogP contribution in [0.4, 0.5) is 10.1 Å². The predicted molar refractivity (Wildman–Crippen MR) is 93.6 cm³/mol. The summed E-state index contributed by atoms with van der Waals surface area (Å²) in [5, 5.41) is 9.62. The van der Waals surface area contributed by atoms with Crippen LogP contribution in [0.1, 0.15) is 10.4 Å². The van der Waals surface area contributed by atoms with Crippen molar-refractivity contribution in [1.82, 2.24) is 4.90 Å². The lowest BCUT2D eigenvalue weighted by Gasteiger charge is -2.36. The third-order valence-corrected chi connectivity index (χ3v) is 4.27. The normalized spacial score (nSPS) is 14.2. The number of halogens is 1. The van der Waals surface area contributed by atoms with Crippen LogP contribution in [0.5, 0.6) is 5.75 Å². The topological polar surface area (TPSA) is 70.1 Å². The molecule has 1 heterocycles. The first-order valence-electron chi connectivity index (χ1n) is 8.28. The Morgan fingerprint density at radius 2 is 1.65 bits per heavy atom. The van der Waals surface area contributed by atoms with Crippen molar-refractivity contribution in [2.75, 3.05) is 37.7 Å². The average molecular weight is 358 g/mol. The molecule has 0 radical (unpaired) electrons. The molecule has 7 heteroatoms. The largest absolute Gasteiger partial charge is 0.507 e. The van der Waals surface area contributed by atoms with Crippen LogP contribution < -0.4 is 4.90 Å². The lowest BCUT2D eigenvalue weighted by atomic mass is 10.2. The highest BCUT2D eigenvalue weighted by molar-refractivity contribution is 5.93. The van der Waals surface area contributed by atoms with Crippen LogP contribution in [0, 0.1) is 5.82 Å². The van der Waals surface area contributed by atoms with Gasteiger partial charge in [-0.25, -0.2) is 9.18 Å². The summed E-state index contributed by atoms with van der Waals surface area (Å²) in [5.41, 5.74) is 0.936. The van der Waals surface area contributed by atoms with Crippen LogP contribution in [0.25, 0.3) is 0 Å². The van der Waals surface area contributed by atoms with Gasteiger partial charge >= 0.3 is 5.97 Å². The van der Waals surface area contributed by atoms with Gasteiger partial charge in [-0.15, -0.1) is 0 Å². The smallest absolute Gasteiger partial charge is 0.342 e. The Hall–Kier alpha value is -3.09. The number of nitrogens with zero attached hydrogens (tertiary/aromatic N) is 2. The molecule has 6 nitrogen and oxygen atoms in total. The third kappa shape index (κ3) is 4.11. The summed E-state index contributed by atoms with van der Waals surface area (Å²) < 4.78 is 18.0. The number of ether oxygens (including phenoxy) is 1. The van der Waals surface area contributed by atoms with Crippen molar-refractivity contribution < 1.29 is 23.8 Å². The number of anilines is 1. The van der Waals surface area contributed by atoms with Gasteiger partial charge in [-0.3, -0.25) is 4.79 Å². The van der Waals surface area contributed by atoms with Crippen molar-refractivity contribution >= 4 is 17.6 Å². The molecule has 0 aliphatic carbocycles. The molecule has 0 spiro atoms. The highest BCUT2D eigenvalue weighted by Crippen LogP contribution is 2.18. The maximum absolute atomic E-state index is 13.0. The molecule has 1 fully saturated rings. The van der Waals surface area contributed by atoms with E-state index in [1.807, 2.05) is 0 Å². The molecule has 0 bridgehead atoms. The summed E-state index contributed by atoms with van der Waals surface area (Å²) in [4.78, 5) is 27.8. The van der Waals surface area contributed by atoms with E-state index in [1.54, 1.807) is 29.2 Å². The number of hydrogen-bond acceptors (Lipinski definition) is 5. The Balaban J connectivity index is 1.48. The molecule has 2 aromatic rings. The molecule has 136 valence electrons. The molecule has 3 rings (SSSR count). The zero-order valence-corrected chi connectivity index (χ0v) is 14.1. The van der Waals surface area contributed by atoms with Crippen LogP contribution in [-0.4, -0.2) is 54.7 Å². The molecule has 26 heavy (non-hydrogen) atoms. The molecular formula is C19H19FN2O4. The summed E-state index contributed by atoms with van der Waals surface area (Å²) in [6.07, 6.45) is 0. The number of carbonyl (C=O) groups is 2. The van der Waals surface area contributed by atoms with Crippen molar-refractivity contribution in [2.45, 2.75) is 0 Å². The number of phenolic OH excluding ortho intramolecular Hbond substituents is 1. The van der Waals surface area contributed by atoms with Gasteiger partial charge in [0.05, 0.1) is 0 Å². The number of hydrogen-bond donors (Lipinski definition) is 1. The monoisotopic (exact) mass is 358 g/mol. The lowest BCUT2D eigenvalue weighted by molar-refractivity contribution is -0.134. The second-order valence-electron chi connectivity index (χ2n) is 5.94. The van der Waals surface area contributed by atoms with Gasteiger partial charge in [0.15, 0.2) is 6.61 Å². The van der Waals surface area contributed by atoms with Gasteiger partial charge < -0.3 is 19.6 Å². The highest BCUT2D eigenvalue weighted by Gasteiger charge is 2.23. The molecule has 1 aliphatic heterocycles. The standard InChI is InChI=1S/C19H19FN2O4/c20-14-5-7-15(8-6-14)21-9-11-22(12-10-21)18(24)13-26-19(25)16-3-1-2-4-17(16)23/h1-8,23H,9-13H2. The Labute approximate surface area is 150 Å². The molecule has 0 unspecified atom stereocenters. The summed E-state index contributed by atoms with van der Waals surface area (Å²) in [7, 11) is 0. The van der Waals surface area contributed by atoms with E-state index in [0.717, 1.165) is 5.69 Å². The molecule has 1 saturated heterocycles. The SMILES string of the molecule is O=C(OCC(=O)N1CCN(c2ccc(F)cc2)CC1)c1ccccc1O. The van der Waals surface area contributed by atoms with E-state index < -0.39 is 5.97 Å². The van der Waals surface area contributed by atoms with E-state index in [0.29, 0.717) is 26.2 Å². The molecule has 0 aromatic heterocycles. The molecule has 2 aromatic carbocycles. The number of carbonyl (C=O) groups excluding carboxylic acids is 2. The number of para-hydroxylation sites is 1. The number of piperazine rings is 1. The molecule has 1 N–H and O–H groups in total. The van der Waals surface area contributed by atoms with Crippen LogP contribution in [0.2, 0.25) is 0 Å². The maximum atomic E-state index is 13.0. The highest BCUT2D eigenvalue weighted by atomic mass is 19.1. The minimum atomic E-state index is -0.735. The van der Waals surface area contributed by atoms with Gasteiger partial charge in [0.1, 0.15) is 17.1 Å². The van der Waals surface area contributed by atoms with Crippen LogP contribution in [0.15, 0.2) is 48.5 Å². The first-order valence-corrected chi connectivity index (χ1v) is 8.28. The summed E-state index contributed by atoms with van der Waals surface area (Å²) in [6.45, 7) is 1.84. The average Bonchev–Trinajstić information content (AvgIpc) is 2.67. The van der Waals surface area contributed by atoms with Crippen molar-refractivity contribution in [1.29, 1.82) is 0 Å². The minimum absolute atomic E-state index is 0.0291. The van der Waals surface area contributed by atoms with Crippen molar-refractivity contribution in [3.8, 4) is 5.75 Å². The number of rotatable bonds is 4. The first kappa shape index (κ1) is 17.7. The minimum Gasteiger partial charge on any atom is -0.507 e. The Bertz CT molecular complexity index is 786. The zero-order valence-electron chi connectivity index (χ0n) is 14.1. The van der Waals surface area contributed by atoms with Crippen LogP contribution in [-0.2, 0) is 9.53 Å². The summed E-state index contributed by atoms with van der Waals surface area (Å²) in [6, 6.07) is 12.2. The molecular weight excluding hydrogens is 339 g/mol. The number of aromatic hydroxyl groups is 1. The van der Waals surface area contributed by atoms with Gasteiger partial charge in [0.2, 0.25) is 0 Å². The quantitative estimate of drug-likeness (QED) is 0.847. The molecule has 1 amide bonds. The fourth-order valence-electron chi connectivity index (χ4n) is 2.81. The Kier molecular flexibility index (Phi) is 5.36. The second-order valence-corrected chi connectivity index (χ2v) is 5.94.